The number of anilines is 1. The molecule has 0 unspecified atom stereocenters. The Morgan fingerprint density at radius 3 is 2.61 bits per heavy atom. The lowest BCUT2D eigenvalue weighted by Crippen LogP contribution is -2.50. The number of morpholine rings is 1. The zero-order valence-corrected chi connectivity index (χ0v) is 17.6. The van der Waals surface area contributed by atoms with Crippen LogP contribution in [0, 0.1) is 0 Å². The molecule has 2 aromatic heterocycles. The van der Waals surface area contributed by atoms with Gasteiger partial charge in [-0.3, -0.25) is 9.80 Å². The quantitative estimate of drug-likeness (QED) is 0.698. The van der Waals surface area contributed by atoms with E-state index in [1.807, 2.05) is 0 Å². The number of fused-ring (bicyclic) bond motifs is 1. The summed E-state index contributed by atoms with van der Waals surface area (Å²) in [6.07, 6.45) is 1.18. The standard InChI is InChI=1S/C19H26ClN5O2S/c20-19-21-16-11-15(28-17(16)18(22-19)25-6-9-26-10-7-25)12-23-2-4-24(5-3-23)14-1-8-27-13-14/h11,14H,1-10,12-13H2/t14-/m1/s1. The summed E-state index contributed by atoms with van der Waals surface area (Å²) in [5.41, 5.74) is 0.961. The maximum absolute atomic E-state index is 6.22. The fraction of sp³-hybridized carbons (Fsp3) is 0.684. The first-order valence-electron chi connectivity index (χ1n) is 10.1. The number of hydrogen-bond donors (Lipinski definition) is 0. The summed E-state index contributed by atoms with van der Waals surface area (Å²) in [5, 5.41) is 0.325. The molecule has 5 heterocycles. The second kappa shape index (κ2) is 8.38. The molecule has 3 saturated heterocycles. The van der Waals surface area contributed by atoms with Crippen LogP contribution < -0.4 is 4.90 Å². The molecule has 0 saturated carbocycles. The van der Waals surface area contributed by atoms with Crippen molar-refractivity contribution in [2.75, 3.05) is 70.6 Å². The van der Waals surface area contributed by atoms with Gasteiger partial charge in [-0.2, -0.15) is 4.98 Å². The molecule has 7 nitrogen and oxygen atoms in total. The van der Waals surface area contributed by atoms with E-state index in [0.717, 1.165) is 88.3 Å². The Bertz CT molecular complexity index is 814. The molecule has 0 N–H and O–H groups in total. The number of piperazine rings is 1. The van der Waals surface area contributed by atoms with Gasteiger partial charge in [-0.25, -0.2) is 4.98 Å². The molecule has 3 aliphatic rings. The van der Waals surface area contributed by atoms with Crippen molar-refractivity contribution in [3.8, 4) is 0 Å². The first kappa shape index (κ1) is 19.0. The summed E-state index contributed by atoms with van der Waals surface area (Å²) >= 11 is 8.03. The van der Waals surface area contributed by atoms with Gasteiger partial charge in [-0.1, -0.05) is 0 Å². The third-order valence-corrected chi connectivity index (χ3v) is 7.17. The van der Waals surface area contributed by atoms with Crippen molar-refractivity contribution in [3.63, 3.8) is 0 Å². The average molecular weight is 424 g/mol. The van der Waals surface area contributed by atoms with Crippen LogP contribution in [0.5, 0.6) is 0 Å². The molecule has 0 aromatic carbocycles. The number of thiophene rings is 1. The fourth-order valence-electron chi connectivity index (χ4n) is 4.32. The van der Waals surface area contributed by atoms with Gasteiger partial charge in [-0.15, -0.1) is 11.3 Å². The minimum atomic E-state index is 0.325. The zero-order chi connectivity index (χ0) is 18.9. The minimum absolute atomic E-state index is 0.325. The summed E-state index contributed by atoms with van der Waals surface area (Å²) in [7, 11) is 0. The third kappa shape index (κ3) is 3.99. The Balaban J connectivity index is 1.29. The molecule has 28 heavy (non-hydrogen) atoms. The Morgan fingerprint density at radius 2 is 1.86 bits per heavy atom. The number of aromatic nitrogens is 2. The molecule has 152 valence electrons. The van der Waals surface area contributed by atoms with E-state index in [2.05, 4.69) is 30.7 Å². The van der Waals surface area contributed by atoms with Crippen LogP contribution in [-0.4, -0.2) is 91.5 Å². The lowest BCUT2D eigenvalue weighted by Gasteiger charge is -2.37. The Kier molecular flexibility index (Phi) is 5.67. The monoisotopic (exact) mass is 423 g/mol. The van der Waals surface area contributed by atoms with Gasteiger partial charge in [0.1, 0.15) is 0 Å². The van der Waals surface area contributed by atoms with Crippen molar-refractivity contribution < 1.29 is 9.47 Å². The lowest BCUT2D eigenvalue weighted by atomic mass is 10.2. The molecular weight excluding hydrogens is 398 g/mol. The van der Waals surface area contributed by atoms with Crippen LogP contribution in [0.3, 0.4) is 0 Å². The van der Waals surface area contributed by atoms with Crippen LogP contribution in [0.1, 0.15) is 11.3 Å². The van der Waals surface area contributed by atoms with Crippen molar-refractivity contribution in [2.24, 2.45) is 0 Å². The molecule has 1 atom stereocenters. The first-order valence-corrected chi connectivity index (χ1v) is 11.3. The highest BCUT2D eigenvalue weighted by Crippen LogP contribution is 2.34. The maximum Gasteiger partial charge on any atom is 0.224 e. The predicted molar refractivity (Wildman–Crippen MR) is 112 cm³/mol. The van der Waals surface area contributed by atoms with Crippen molar-refractivity contribution in [1.29, 1.82) is 0 Å². The van der Waals surface area contributed by atoms with E-state index in [1.54, 1.807) is 11.3 Å². The summed E-state index contributed by atoms with van der Waals surface area (Å²) < 4.78 is 12.2. The van der Waals surface area contributed by atoms with E-state index < -0.39 is 0 Å². The SMILES string of the molecule is Clc1nc(N2CCOCC2)c2sc(CN3CCN([C@@H]4CCOC4)CC3)cc2n1. The van der Waals surface area contributed by atoms with Crippen LogP contribution >= 0.6 is 22.9 Å². The Labute approximate surface area is 174 Å². The van der Waals surface area contributed by atoms with Gasteiger partial charge in [0.2, 0.25) is 5.28 Å². The average Bonchev–Trinajstić information content (AvgIpc) is 3.38. The number of nitrogens with zero attached hydrogens (tertiary/aromatic N) is 5. The van der Waals surface area contributed by atoms with E-state index in [0.29, 0.717) is 11.3 Å². The van der Waals surface area contributed by atoms with Crippen LogP contribution in [0.15, 0.2) is 6.07 Å². The highest BCUT2D eigenvalue weighted by molar-refractivity contribution is 7.19. The summed E-state index contributed by atoms with van der Waals surface area (Å²) in [4.78, 5) is 17.8. The highest BCUT2D eigenvalue weighted by atomic mass is 35.5. The molecule has 0 radical (unpaired) electrons. The van der Waals surface area contributed by atoms with Crippen molar-refractivity contribution in [2.45, 2.75) is 19.0 Å². The second-order valence-corrected chi connectivity index (χ2v) is 9.15. The van der Waals surface area contributed by atoms with Crippen LogP contribution in [0.25, 0.3) is 10.2 Å². The number of hydrogen-bond acceptors (Lipinski definition) is 8. The van der Waals surface area contributed by atoms with Crippen LogP contribution in [0.4, 0.5) is 5.82 Å². The Morgan fingerprint density at radius 1 is 1.04 bits per heavy atom. The van der Waals surface area contributed by atoms with Gasteiger partial charge in [0.25, 0.3) is 0 Å². The molecular formula is C19H26ClN5O2S. The zero-order valence-electron chi connectivity index (χ0n) is 16.0. The highest BCUT2D eigenvalue weighted by Gasteiger charge is 2.27. The van der Waals surface area contributed by atoms with E-state index in [1.165, 1.54) is 11.3 Å². The molecule has 0 bridgehead atoms. The van der Waals surface area contributed by atoms with E-state index in [9.17, 15) is 0 Å². The number of ether oxygens (including phenoxy) is 2. The van der Waals surface area contributed by atoms with Crippen molar-refractivity contribution in [3.05, 3.63) is 16.2 Å². The topological polar surface area (TPSA) is 54.0 Å². The largest absolute Gasteiger partial charge is 0.380 e. The van der Waals surface area contributed by atoms with E-state index in [4.69, 9.17) is 21.1 Å². The smallest absolute Gasteiger partial charge is 0.224 e. The molecule has 3 fully saturated rings. The molecule has 0 aliphatic carbocycles. The van der Waals surface area contributed by atoms with Gasteiger partial charge >= 0.3 is 0 Å². The van der Waals surface area contributed by atoms with Crippen molar-refractivity contribution >= 4 is 39.0 Å². The maximum atomic E-state index is 6.22. The summed E-state index contributed by atoms with van der Waals surface area (Å²) in [5.74, 6) is 0.959. The van der Waals surface area contributed by atoms with Crippen molar-refractivity contribution in [1.82, 2.24) is 19.8 Å². The summed E-state index contributed by atoms with van der Waals surface area (Å²) in [6, 6.07) is 2.81. The molecule has 0 spiro atoms. The minimum Gasteiger partial charge on any atom is -0.380 e. The number of halogens is 1. The fourth-order valence-corrected chi connectivity index (χ4v) is 5.65. The van der Waals surface area contributed by atoms with Gasteiger partial charge in [-0.05, 0) is 24.1 Å². The predicted octanol–water partition coefficient (Wildman–Crippen LogP) is 2.09. The molecule has 0 amide bonds. The molecule has 5 rings (SSSR count). The van der Waals surface area contributed by atoms with E-state index in [-0.39, 0.29) is 0 Å². The summed E-state index contributed by atoms with van der Waals surface area (Å²) in [6.45, 7) is 10.4. The van der Waals surface area contributed by atoms with Gasteiger partial charge in [0, 0.05) is 63.3 Å². The van der Waals surface area contributed by atoms with Gasteiger partial charge in [0.15, 0.2) is 5.82 Å². The van der Waals surface area contributed by atoms with Crippen LogP contribution in [0.2, 0.25) is 5.28 Å². The molecule has 2 aromatic rings. The normalized spacial score (nSPS) is 25.0. The lowest BCUT2D eigenvalue weighted by molar-refractivity contribution is 0.0819. The van der Waals surface area contributed by atoms with Gasteiger partial charge in [0.05, 0.1) is 30.0 Å². The first-order chi connectivity index (χ1) is 13.8. The van der Waals surface area contributed by atoms with Gasteiger partial charge < -0.3 is 14.4 Å². The Hall–Kier alpha value is -1.03. The van der Waals surface area contributed by atoms with Crippen LogP contribution in [-0.2, 0) is 16.0 Å². The third-order valence-electron chi connectivity index (χ3n) is 5.90. The second-order valence-electron chi connectivity index (χ2n) is 7.67. The van der Waals surface area contributed by atoms with E-state index >= 15 is 0 Å². The number of rotatable bonds is 4. The molecule has 3 aliphatic heterocycles. The molecule has 9 heteroatoms.